The molecule has 0 unspecified atom stereocenters. The third kappa shape index (κ3) is 2.63. The van der Waals surface area contributed by atoms with E-state index < -0.39 is 0 Å². The summed E-state index contributed by atoms with van der Waals surface area (Å²) in [6.07, 6.45) is 7.13. The molecule has 0 amide bonds. The Morgan fingerprint density at radius 3 is 2.70 bits per heavy atom. The van der Waals surface area contributed by atoms with Crippen molar-refractivity contribution in [3.63, 3.8) is 0 Å². The van der Waals surface area contributed by atoms with Crippen molar-refractivity contribution < 1.29 is 9.26 Å². The molecular weight excluding hydrogens is 290 g/mol. The molecule has 2 N–H and O–H groups in total. The molecule has 0 radical (unpaired) electrons. The van der Waals surface area contributed by atoms with Crippen LogP contribution in [-0.4, -0.2) is 23.3 Å². The summed E-state index contributed by atoms with van der Waals surface area (Å²) in [6, 6.07) is 8.16. The summed E-state index contributed by atoms with van der Waals surface area (Å²) in [6.45, 7) is 0. The second kappa shape index (κ2) is 5.64. The highest BCUT2D eigenvalue weighted by Gasteiger charge is 2.48. The van der Waals surface area contributed by atoms with E-state index in [1.807, 2.05) is 24.3 Å². The molecule has 0 atom stereocenters. The number of hydrogen-bond acceptors (Lipinski definition) is 5. The number of nitrogens with zero attached hydrogens (tertiary/aromatic N) is 2. The normalized spacial score (nSPS) is 30.2. The van der Waals surface area contributed by atoms with E-state index in [1.165, 1.54) is 12.8 Å². The highest BCUT2D eigenvalue weighted by molar-refractivity contribution is 5.63. The third-order valence-electron chi connectivity index (χ3n) is 5.59. The van der Waals surface area contributed by atoms with Crippen molar-refractivity contribution in [2.45, 2.75) is 50.5 Å². The number of rotatable bonds is 3. The van der Waals surface area contributed by atoms with Gasteiger partial charge in [-0.25, -0.2) is 0 Å². The third-order valence-corrected chi connectivity index (χ3v) is 5.59. The van der Waals surface area contributed by atoms with Gasteiger partial charge in [-0.05, 0) is 56.1 Å². The van der Waals surface area contributed by atoms with Gasteiger partial charge in [0.05, 0.1) is 12.7 Å². The molecule has 0 bridgehead atoms. The van der Waals surface area contributed by atoms with Gasteiger partial charge >= 0.3 is 0 Å². The molecule has 2 aliphatic carbocycles. The first-order valence-corrected chi connectivity index (χ1v) is 8.42. The first kappa shape index (κ1) is 14.7. The zero-order valence-electron chi connectivity index (χ0n) is 13.5. The summed E-state index contributed by atoms with van der Waals surface area (Å²) in [5.41, 5.74) is 7.39. The Balaban J connectivity index is 1.48. The van der Waals surface area contributed by atoms with Crippen LogP contribution >= 0.6 is 0 Å². The number of nitrogens with two attached hydrogens (primary N) is 1. The van der Waals surface area contributed by atoms with Gasteiger partial charge < -0.3 is 15.0 Å². The molecule has 5 heteroatoms. The Morgan fingerprint density at radius 1 is 1.22 bits per heavy atom. The van der Waals surface area contributed by atoms with Crippen LogP contribution in [0.4, 0.5) is 0 Å². The zero-order chi connectivity index (χ0) is 15.9. The van der Waals surface area contributed by atoms with Crippen LogP contribution in [0.1, 0.15) is 50.3 Å². The highest BCUT2D eigenvalue weighted by Crippen LogP contribution is 2.58. The van der Waals surface area contributed by atoms with Crippen molar-refractivity contribution in [1.82, 2.24) is 10.1 Å². The van der Waals surface area contributed by atoms with Gasteiger partial charge in [0.1, 0.15) is 5.75 Å². The minimum Gasteiger partial charge on any atom is -0.496 e. The van der Waals surface area contributed by atoms with Crippen LogP contribution in [0.3, 0.4) is 0 Å². The molecule has 122 valence electrons. The van der Waals surface area contributed by atoms with Crippen LogP contribution in [0.5, 0.6) is 5.75 Å². The lowest BCUT2D eigenvalue weighted by Crippen LogP contribution is -2.42. The smallest absolute Gasteiger partial charge is 0.230 e. The van der Waals surface area contributed by atoms with Crippen molar-refractivity contribution in [3.8, 4) is 17.1 Å². The van der Waals surface area contributed by atoms with Crippen molar-refractivity contribution in [2.24, 2.45) is 11.1 Å². The van der Waals surface area contributed by atoms with Gasteiger partial charge in [0.2, 0.25) is 11.7 Å². The lowest BCUT2D eigenvalue weighted by Gasteiger charge is -2.50. The Bertz CT molecular complexity index is 681. The number of ether oxygens (including phenoxy) is 1. The summed E-state index contributed by atoms with van der Waals surface area (Å²) in [5, 5.41) is 4.16. The molecule has 4 rings (SSSR count). The van der Waals surface area contributed by atoms with Crippen molar-refractivity contribution >= 4 is 0 Å². The Kier molecular flexibility index (Phi) is 3.60. The van der Waals surface area contributed by atoms with Crippen LogP contribution in [-0.2, 0) is 0 Å². The SMILES string of the molecule is COc1ccccc1-c1noc(C2CC3(CCC(N)CC3)C2)n1. The summed E-state index contributed by atoms with van der Waals surface area (Å²) >= 11 is 0. The second-order valence-electron chi connectivity index (χ2n) is 7.10. The number of para-hydroxylation sites is 1. The van der Waals surface area contributed by atoms with Gasteiger partial charge in [0.25, 0.3) is 0 Å². The first-order chi connectivity index (χ1) is 11.2. The van der Waals surface area contributed by atoms with Crippen molar-refractivity contribution in [3.05, 3.63) is 30.2 Å². The summed E-state index contributed by atoms with van der Waals surface area (Å²) in [4.78, 5) is 4.62. The molecule has 2 fully saturated rings. The fourth-order valence-electron chi connectivity index (χ4n) is 4.16. The van der Waals surface area contributed by atoms with E-state index in [9.17, 15) is 0 Å². The molecule has 0 aliphatic heterocycles. The molecule has 2 aliphatic rings. The fraction of sp³-hybridized carbons (Fsp3) is 0.556. The van der Waals surface area contributed by atoms with Crippen LogP contribution in [0.2, 0.25) is 0 Å². The Labute approximate surface area is 136 Å². The number of hydrogen-bond donors (Lipinski definition) is 1. The van der Waals surface area contributed by atoms with Crippen molar-refractivity contribution in [2.75, 3.05) is 7.11 Å². The molecular formula is C18H23N3O2. The van der Waals surface area contributed by atoms with Crippen molar-refractivity contribution in [1.29, 1.82) is 0 Å². The standard InChI is InChI=1S/C18H23N3O2/c1-22-15-5-3-2-4-14(15)16-20-17(23-21-16)12-10-18(11-12)8-6-13(19)7-9-18/h2-5,12-13H,6-11,19H2,1H3. The van der Waals surface area contributed by atoms with E-state index in [4.69, 9.17) is 15.0 Å². The summed E-state index contributed by atoms with van der Waals surface area (Å²) in [5.74, 6) is 2.56. The number of aromatic nitrogens is 2. The predicted octanol–water partition coefficient (Wildman–Crippen LogP) is 3.51. The molecule has 1 aromatic heterocycles. The summed E-state index contributed by atoms with van der Waals surface area (Å²) in [7, 11) is 1.66. The van der Waals surface area contributed by atoms with Gasteiger partial charge in [0.15, 0.2) is 0 Å². The van der Waals surface area contributed by atoms with Gasteiger partial charge in [-0.1, -0.05) is 17.3 Å². The quantitative estimate of drug-likeness (QED) is 0.938. The average molecular weight is 313 g/mol. The van der Waals surface area contributed by atoms with Crippen LogP contribution in [0, 0.1) is 5.41 Å². The van der Waals surface area contributed by atoms with Gasteiger partial charge in [-0.2, -0.15) is 4.98 Å². The maximum Gasteiger partial charge on any atom is 0.230 e. The molecule has 1 spiro atoms. The largest absolute Gasteiger partial charge is 0.496 e. The molecule has 1 aromatic carbocycles. The maximum atomic E-state index is 6.02. The van der Waals surface area contributed by atoms with Gasteiger partial charge in [-0.15, -0.1) is 0 Å². The monoisotopic (exact) mass is 313 g/mol. The molecule has 5 nitrogen and oxygen atoms in total. The van der Waals surface area contributed by atoms with E-state index in [1.54, 1.807) is 7.11 Å². The maximum absolute atomic E-state index is 6.02. The molecule has 23 heavy (non-hydrogen) atoms. The Hall–Kier alpha value is -1.88. The van der Waals surface area contributed by atoms with Crippen LogP contribution < -0.4 is 10.5 Å². The zero-order valence-corrected chi connectivity index (χ0v) is 13.5. The predicted molar refractivity (Wildman–Crippen MR) is 87.1 cm³/mol. The fourth-order valence-corrected chi connectivity index (χ4v) is 4.16. The minimum atomic E-state index is 0.403. The molecule has 0 saturated heterocycles. The number of benzene rings is 1. The number of methoxy groups -OCH3 is 1. The first-order valence-electron chi connectivity index (χ1n) is 8.42. The topological polar surface area (TPSA) is 74.2 Å². The lowest BCUT2D eigenvalue weighted by molar-refractivity contribution is 0.0335. The van der Waals surface area contributed by atoms with E-state index in [-0.39, 0.29) is 0 Å². The van der Waals surface area contributed by atoms with Gasteiger partial charge in [-0.3, -0.25) is 0 Å². The van der Waals surface area contributed by atoms with Crippen LogP contribution in [0.25, 0.3) is 11.4 Å². The minimum absolute atomic E-state index is 0.403. The second-order valence-corrected chi connectivity index (χ2v) is 7.10. The van der Waals surface area contributed by atoms with Gasteiger partial charge in [0, 0.05) is 12.0 Å². The molecule has 1 heterocycles. The molecule has 2 saturated carbocycles. The van der Waals surface area contributed by atoms with E-state index in [0.717, 1.165) is 42.9 Å². The van der Waals surface area contributed by atoms with Crippen LogP contribution in [0.15, 0.2) is 28.8 Å². The average Bonchev–Trinajstić information content (AvgIpc) is 3.03. The van der Waals surface area contributed by atoms with E-state index >= 15 is 0 Å². The highest BCUT2D eigenvalue weighted by atomic mass is 16.5. The Morgan fingerprint density at radius 2 is 1.96 bits per heavy atom. The van der Waals surface area contributed by atoms with E-state index in [0.29, 0.717) is 23.2 Å². The molecule has 2 aromatic rings. The van der Waals surface area contributed by atoms with E-state index in [2.05, 4.69) is 10.1 Å². The summed E-state index contributed by atoms with van der Waals surface area (Å²) < 4.78 is 10.9. The lowest BCUT2D eigenvalue weighted by atomic mass is 9.55.